The number of ether oxygens (including phenoxy) is 1. The molecular weight excluding hydrogens is 230 g/mol. The molecule has 1 unspecified atom stereocenters. The lowest BCUT2D eigenvalue weighted by molar-refractivity contribution is 0.0561. The van der Waals surface area contributed by atoms with Gasteiger partial charge in [-0.1, -0.05) is 6.07 Å². The summed E-state index contributed by atoms with van der Waals surface area (Å²) in [6.07, 6.45) is 0.881. The van der Waals surface area contributed by atoms with Crippen molar-refractivity contribution in [1.29, 1.82) is 0 Å². The smallest absolute Gasteiger partial charge is 0.257 e. The second kappa shape index (κ2) is 5.40. The second-order valence-electron chi connectivity index (χ2n) is 4.81. The third kappa shape index (κ3) is 2.82. The molecule has 1 aliphatic rings. The summed E-state index contributed by atoms with van der Waals surface area (Å²) < 4.78 is 5.51. The maximum Gasteiger partial charge on any atom is 0.257 e. The first kappa shape index (κ1) is 12.9. The molecule has 1 aromatic rings. The van der Waals surface area contributed by atoms with Crippen LogP contribution in [-0.4, -0.2) is 41.7 Å². The van der Waals surface area contributed by atoms with Gasteiger partial charge in [0.15, 0.2) is 0 Å². The summed E-state index contributed by atoms with van der Waals surface area (Å²) in [6.45, 7) is 5.78. The van der Waals surface area contributed by atoms with Gasteiger partial charge in [-0.3, -0.25) is 4.79 Å². The molecule has 0 spiro atoms. The molecule has 1 fully saturated rings. The Hall–Kier alpha value is -1.55. The van der Waals surface area contributed by atoms with Crippen molar-refractivity contribution in [2.45, 2.75) is 26.4 Å². The minimum Gasteiger partial charge on any atom is -0.507 e. The second-order valence-corrected chi connectivity index (χ2v) is 4.81. The van der Waals surface area contributed by atoms with Gasteiger partial charge in [-0.05, 0) is 38.0 Å². The van der Waals surface area contributed by atoms with Gasteiger partial charge in [0, 0.05) is 19.7 Å². The fraction of sp³-hybridized carbons (Fsp3) is 0.500. The van der Waals surface area contributed by atoms with Gasteiger partial charge in [0.1, 0.15) is 5.75 Å². The van der Waals surface area contributed by atoms with Crippen molar-refractivity contribution >= 4 is 5.91 Å². The molecule has 98 valence electrons. The summed E-state index contributed by atoms with van der Waals surface area (Å²) >= 11 is 0. The van der Waals surface area contributed by atoms with Gasteiger partial charge < -0.3 is 14.7 Å². The molecule has 1 N–H and O–H groups in total. The Kier molecular flexibility index (Phi) is 3.87. The lowest BCUT2D eigenvalue weighted by Gasteiger charge is -2.22. The largest absolute Gasteiger partial charge is 0.507 e. The van der Waals surface area contributed by atoms with Crippen molar-refractivity contribution in [1.82, 2.24) is 4.90 Å². The molecule has 1 aliphatic heterocycles. The van der Waals surface area contributed by atoms with E-state index in [1.165, 1.54) is 0 Å². The van der Waals surface area contributed by atoms with Crippen LogP contribution in [0.4, 0.5) is 0 Å². The first-order valence-corrected chi connectivity index (χ1v) is 6.28. The van der Waals surface area contributed by atoms with Gasteiger partial charge in [0.25, 0.3) is 5.91 Å². The number of nitrogens with zero attached hydrogens (tertiary/aromatic N) is 1. The molecule has 0 radical (unpaired) electrons. The van der Waals surface area contributed by atoms with Crippen LogP contribution >= 0.6 is 0 Å². The Morgan fingerprint density at radius 2 is 2.28 bits per heavy atom. The quantitative estimate of drug-likeness (QED) is 0.827. The van der Waals surface area contributed by atoms with Crippen LogP contribution < -0.4 is 0 Å². The molecule has 1 saturated heterocycles. The maximum absolute atomic E-state index is 12.3. The Morgan fingerprint density at radius 3 is 3.00 bits per heavy atom. The van der Waals surface area contributed by atoms with E-state index in [2.05, 4.69) is 0 Å². The zero-order valence-corrected chi connectivity index (χ0v) is 10.8. The lowest BCUT2D eigenvalue weighted by atomic mass is 10.1. The van der Waals surface area contributed by atoms with E-state index in [0.29, 0.717) is 25.3 Å². The zero-order valence-electron chi connectivity index (χ0n) is 10.8. The predicted octanol–water partition coefficient (Wildman–Crippen LogP) is 1.95. The lowest BCUT2D eigenvalue weighted by Crippen LogP contribution is -2.35. The van der Waals surface area contributed by atoms with Gasteiger partial charge in [0.05, 0.1) is 11.7 Å². The average Bonchev–Trinajstić information content (AvgIpc) is 2.53. The van der Waals surface area contributed by atoms with Gasteiger partial charge in [-0.2, -0.15) is 0 Å². The van der Waals surface area contributed by atoms with Crippen LogP contribution in [0.2, 0.25) is 0 Å². The Labute approximate surface area is 107 Å². The number of carbonyl (C=O) groups is 1. The van der Waals surface area contributed by atoms with Crippen LogP contribution in [0.25, 0.3) is 0 Å². The highest BCUT2D eigenvalue weighted by molar-refractivity contribution is 5.96. The van der Waals surface area contributed by atoms with Crippen molar-refractivity contribution in [2.24, 2.45) is 0 Å². The first-order valence-electron chi connectivity index (χ1n) is 6.28. The number of hydrogen-bond acceptors (Lipinski definition) is 3. The minimum atomic E-state index is -0.121. The van der Waals surface area contributed by atoms with Crippen molar-refractivity contribution in [3.8, 4) is 5.75 Å². The van der Waals surface area contributed by atoms with Crippen LogP contribution in [0.1, 0.15) is 29.3 Å². The van der Waals surface area contributed by atoms with Gasteiger partial charge in [0.2, 0.25) is 0 Å². The Bertz CT molecular complexity index is 445. The molecule has 1 atom stereocenters. The van der Waals surface area contributed by atoms with E-state index in [1.807, 2.05) is 19.9 Å². The SMILES string of the molecule is Cc1ccc(C(=O)N2CCCOC(C)C2)c(O)c1. The van der Waals surface area contributed by atoms with Gasteiger partial charge >= 0.3 is 0 Å². The van der Waals surface area contributed by atoms with E-state index in [9.17, 15) is 9.90 Å². The third-order valence-electron chi connectivity index (χ3n) is 3.12. The van der Waals surface area contributed by atoms with Crippen LogP contribution in [0, 0.1) is 6.92 Å². The molecule has 0 aromatic heterocycles. The highest BCUT2D eigenvalue weighted by Crippen LogP contribution is 2.21. The fourth-order valence-corrected chi connectivity index (χ4v) is 2.17. The van der Waals surface area contributed by atoms with E-state index in [4.69, 9.17) is 4.74 Å². The summed E-state index contributed by atoms with van der Waals surface area (Å²) in [6, 6.07) is 5.14. The maximum atomic E-state index is 12.3. The molecule has 0 bridgehead atoms. The normalized spacial score (nSPS) is 20.6. The molecule has 2 rings (SSSR count). The van der Waals surface area contributed by atoms with Crippen LogP contribution in [0.3, 0.4) is 0 Å². The molecular formula is C14H19NO3. The van der Waals surface area contributed by atoms with Crippen molar-refractivity contribution in [2.75, 3.05) is 19.7 Å². The average molecular weight is 249 g/mol. The predicted molar refractivity (Wildman–Crippen MR) is 68.8 cm³/mol. The number of carbonyl (C=O) groups excluding carboxylic acids is 1. The number of aryl methyl sites for hydroxylation is 1. The fourth-order valence-electron chi connectivity index (χ4n) is 2.17. The minimum absolute atomic E-state index is 0.0454. The van der Waals surface area contributed by atoms with E-state index < -0.39 is 0 Å². The molecule has 0 aliphatic carbocycles. The molecule has 0 saturated carbocycles. The topological polar surface area (TPSA) is 49.8 Å². The number of phenols is 1. The van der Waals surface area contributed by atoms with Crippen LogP contribution in [0.15, 0.2) is 18.2 Å². The summed E-state index contributed by atoms with van der Waals surface area (Å²) in [7, 11) is 0. The first-order chi connectivity index (χ1) is 8.58. The van der Waals surface area contributed by atoms with Crippen molar-refractivity contribution in [3.05, 3.63) is 29.3 Å². The molecule has 1 amide bonds. The number of hydrogen-bond donors (Lipinski definition) is 1. The third-order valence-corrected chi connectivity index (χ3v) is 3.12. The molecule has 4 nitrogen and oxygen atoms in total. The monoisotopic (exact) mass is 249 g/mol. The number of benzene rings is 1. The highest BCUT2D eigenvalue weighted by atomic mass is 16.5. The number of amides is 1. The standard InChI is InChI=1S/C14H19NO3/c1-10-4-5-12(13(16)8-10)14(17)15-6-3-7-18-11(2)9-15/h4-5,8,11,16H,3,6-7,9H2,1-2H3. The van der Waals surface area contributed by atoms with E-state index in [0.717, 1.165) is 12.0 Å². The summed E-state index contributed by atoms with van der Waals surface area (Å²) in [5.74, 6) is -0.0670. The molecule has 4 heteroatoms. The van der Waals surface area contributed by atoms with E-state index in [1.54, 1.807) is 17.0 Å². The Morgan fingerprint density at radius 1 is 1.50 bits per heavy atom. The van der Waals surface area contributed by atoms with Gasteiger partial charge in [-0.15, -0.1) is 0 Å². The highest BCUT2D eigenvalue weighted by Gasteiger charge is 2.22. The Balaban J connectivity index is 2.19. The summed E-state index contributed by atoms with van der Waals surface area (Å²) in [5, 5.41) is 9.85. The summed E-state index contributed by atoms with van der Waals surface area (Å²) in [5.41, 5.74) is 1.31. The number of rotatable bonds is 1. The van der Waals surface area contributed by atoms with Crippen molar-refractivity contribution in [3.63, 3.8) is 0 Å². The zero-order chi connectivity index (χ0) is 13.1. The summed E-state index contributed by atoms with van der Waals surface area (Å²) in [4.78, 5) is 14.1. The van der Waals surface area contributed by atoms with E-state index in [-0.39, 0.29) is 17.8 Å². The van der Waals surface area contributed by atoms with Gasteiger partial charge in [-0.25, -0.2) is 0 Å². The van der Waals surface area contributed by atoms with Crippen LogP contribution in [-0.2, 0) is 4.74 Å². The van der Waals surface area contributed by atoms with Crippen molar-refractivity contribution < 1.29 is 14.6 Å². The number of aromatic hydroxyl groups is 1. The number of phenolic OH excluding ortho intramolecular Hbond substituents is 1. The molecule has 18 heavy (non-hydrogen) atoms. The molecule has 1 aromatic carbocycles. The van der Waals surface area contributed by atoms with Crippen LogP contribution in [0.5, 0.6) is 5.75 Å². The molecule has 1 heterocycles. The van der Waals surface area contributed by atoms with E-state index >= 15 is 0 Å².